The van der Waals surface area contributed by atoms with Gasteiger partial charge in [0.2, 0.25) is 0 Å². The molecule has 0 amide bonds. The molecule has 0 aliphatic carbocycles. The fourth-order valence-corrected chi connectivity index (χ4v) is 1.89. The Kier molecular flexibility index (Phi) is 4.23. The topological polar surface area (TPSA) is 45.4 Å². The first kappa shape index (κ1) is 13.2. The molecule has 0 saturated heterocycles. The molecule has 0 aliphatic rings. The summed E-state index contributed by atoms with van der Waals surface area (Å²) in [4.78, 5) is 8.47. The van der Waals surface area contributed by atoms with Crippen LogP contribution in [-0.2, 0) is 0 Å². The molecule has 2 N–H and O–H groups in total. The van der Waals surface area contributed by atoms with Gasteiger partial charge in [0.1, 0.15) is 0 Å². The molecular weight excluding hydrogens is 236 g/mol. The Morgan fingerprint density at radius 1 is 0.842 bits per heavy atom. The number of anilines is 3. The van der Waals surface area contributed by atoms with Crippen LogP contribution in [0, 0.1) is 0 Å². The predicted molar refractivity (Wildman–Crippen MR) is 81.6 cm³/mol. The van der Waals surface area contributed by atoms with Gasteiger partial charge in [-0.2, -0.15) is 0 Å². The van der Waals surface area contributed by atoms with Gasteiger partial charge in [0.05, 0.1) is 0 Å². The van der Waals surface area contributed by atoms with Gasteiger partial charge in [-0.25, -0.2) is 0 Å². The summed E-state index contributed by atoms with van der Waals surface area (Å²) in [6, 6.07) is 12.0. The van der Waals surface area contributed by atoms with Crippen molar-refractivity contribution in [1.82, 2.24) is 4.98 Å². The first-order valence-electron chi connectivity index (χ1n) is 6.34. The lowest BCUT2D eigenvalue weighted by Gasteiger charge is -2.25. The number of rotatable bonds is 5. The smallest absolute Gasteiger partial charge is 0.0395 e. The average molecular weight is 256 g/mol. The normalized spacial score (nSPS) is 10.2. The molecule has 0 aliphatic heterocycles. The second-order valence-electron chi connectivity index (χ2n) is 4.64. The molecule has 0 saturated carbocycles. The zero-order valence-electron chi connectivity index (χ0n) is 11.5. The summed E-state index contributed by atoms with van der Waals surface area (Å²) < 4.78 is 0. The van der Waals surface area contributed by atoms with E-state index in [4.69, 9.17) is 5.73 Å². The lowest BCUT2D eigenvalue weighted by atomic mass is 10.2. The number of benzene rings is 1. The Balaban J connectivity index is 1.90. The van der Waals surface area contributed by atoms with Crippen LogP contribution >= 0.6 is 0 Å². The highest BCUT2D eigenvalue weighted by Crippen LogP contribution is 2.15. The number of pyridine rings is 1. The van der Waals surface area contributed by atoms with Crippen LogP contribution in [0.2, 0.25) is 0 Å². The predicted octanol–water partition coefficient (Wildman–Crippen LogP) is 2.24. The second kappa shape index (κ2) is 6.09. The highest BCUT2D eigenvalue weighted by Gasteiger charge is 2.04. The van der Waals surface area contributed by atoms with Gasteiger partial charge in [-0.3, -0.25) is 4.98 Å². The maximum atomic E-state index is 5.69. The van der Waals surface area contributed by atoms with Crippen LogP contribution in [0.25, 0.3) is 0 Å². The van der Waals surface area contributed by atoms with Crippen LogP contribution in [0.15, 0.2) is 48.8 Å². The van der Waals surface area contributed by atoms with Crippen LogP contribution in [0.4, 0.5) is 17.1 Å². The van der Waals surface area contributed by atoms with Crippen LogP contribution in [0.3, 0.4) is 0 Å². The van der Waals surface area contributed by atoms with Gasteiger partial charge >= 0.3 is 0 Å². The second-order valence-corrected chi connectivity index (χ2v) is 4.64. The Morgan fingerprint density at radius 3 is 1.84 bits per heavy atom. The third-order valence-corrected chi connectivity index (χ3v) is 3.21. The van der Waals surface area contributed by atoms with Gasteiger partial charge in [-0.1, -0.05) is 0 Å². The van der Waals surface area contributed by atoms with E-state index in [2.05, 4.69) is 28.9 Å². The van der Waals surface area contributed by atoms with E-state index in [1.165, 1.54) is 11.4 Å². The SMILES string of the molecule is CN(CCN(C)c1ccc(N)cc1)c1ccncc1. The molecule has 4 nitrogen and oxygen atoms in total. The molecule has 0 fully saturated rings. The van der Waals surface area contributed by atoms with Crippen molar-refractivity contribution in [1.29, 1.82) is 0 Å². The zero-order chi connectivity index (χ0) is 13.7. The highest BCUT2D eigenvalue weighted by molar-refractivity contribution is 5.53. The number of aromatic nitrogens is 1. The number of hydrogen-bond acceptors (Lipinski definition) is 4. The van der Waals surface area contributed by atoms with Gasteiger partial charge in [0, 0.05) is 56.6 Å². The molecule has 0 bridgehead atoms. The van der Waals surface area contributed by atoms with E-state index in [0.717, 1.165) is 18.8 Å². The van der Waals surface area contributed by atoms with E-state index in [9.17, 15) is 0 Å². The number of nitrogens with two attached hydrogens (primary N) is 1. The lowest BCUT2D eigenvalue weighted by molar-refractivity contribution is 0.832. The van der Waals surface area contributed by atoms with Crippen LogP contribution in [-0.4, -0.2) is 32.2 Å². The van der Waals surface area contributed by atoms with Crippen molar-refractivity contribution in [2.45, 2.75) is 0 Å². The van der Waals surface area contributed by atoms with Crippen molar-refractivity contribution < 1.29 is 0 Å². The van der Waals surface area contributed by atoms with Crippen molar-refractivity contribution >= 4 is 17.1 Å². The number of likely N-dealkylation sites (N-methyl/N-ethyl adjacent to an activating group) is 2. The van der Waals surface area contributed by atoms with Crippen molar-refractivity contribution in [2.75, 3.05) is 42.7 Å². The van der Waals surface area contributed by atoms with E-state index < -0.39 is 0 Å². The summed E-state index contributed by atoms with van der Waals surface area (Å²) in [5.41, 5.74) is 8.85. The maximum absolute atomic E-state index is 5.69. The minimum Gasteiger partial charge on any atom is -0.399 e. The first-order chi connectivity index (χ1) is 9.16. The van der Waals surface area contributed by atoms with Gasteiger partial charge in [-0.05, 0) is 36.4 Å². The van der Waals surface area contributed by atoms with Crippen LogP contribution in [0.1, 0.15) is 0 Å². The largest absolute Gasteiger partial charge is 0.399 e. The minimum atomic E-state index is 0.797. The summed E-state index contributed by atoms with van der Waals surface area (Å²) in [5.74, 6) is 0. The molecule has 100 valence electrons. The van der Waals surface area contributed by atoms with Gasteiger partial charge in [0.25, 0.3) is 0 Å². The quantitative estimate of drug-likeness (QED) is 0.833. The molecule has 19 heavy (non-hydrogen) atoms. The standard InChI is InChI=1S/C15H20N4/c1-18(14-5-3-13(16)4-6-14)11-12-19(2)15-7-9-17-10-8-15/h3-10H,11-12,16H2,1-2H3. The van der Waals surface area contributed by atoms with Crippen LogP contribution in [0.5, 0.6) is 0 Å². The van der Waals surface area contributed by atoms with Gasteiger partial charge in [0.15, 0.2) is 0 Å². The number of nitrogens with zero attached hydrogens (tertiary/aromatic N) is 3. The van der Waals surface area contributed by atoms with E-state index in [-0.39, 0.29) is 0 Å². The summed E-state index contributed by atoms with van der Waals surface area (Å²) in [7, 11) is 4.18. The fraction of sp³-hybridized carbons (Fsp3) is 0.267. The molecule has 0 spiro atoms. The van der Waals surface area contributed by atoms with E-state index in [1.807, 2.05) is 48.8 Å². The number of hydrogen-bond donors (Lipinski definition) is 1. The first-order valence-corrected chi connectivity index (χ1v) is 6.34. The molecular formula is C15H20N4. The molecule has 0 atom stereocenters. The van der Waals surface area contributed by atoms with E-state index in [1.54, 1.807) is 0 Å². The molecule has 0 unspecified atom stereocenters. The lowest BCUT2D eigenvalue weighted by Crippen LogP contribution is -2.30. The van der Waals surface area contributed by atoms with Crippen molar-refractivity contribution in [3.05, 3.63) is 48.8 Å². The molecule has 2 rings (SSSR count). The summed E-state index contributed by atoms with van der Waals surface area (Å²) >= 11 is 0. The monoisotopic (exact) mass is 256 g/mol. The average Bonchev–Trinajstić information content (AvgIpc) is 2.46. The fourth-order valence-electron chi connectivity index (χ4n) is 1.89. The van der Waals surface area contributed by atoms with E-state index >= 15 is 0 Å². The van der Waals surface area contributed by atoms with Crippen molar-refractivity contribution in [3.8, 4) is 0 Å². The molecule has 1 heterocycles. The third-order valence-electron chi connectivity index (χ3n) is 3.21. The Labute approximate surface area is 114 Å². The molecule has 1 aromatic heterocycles. The third kappa shape index (κ3) is 3.61. The molecule has 4 heteroatoms. The Morgan fingerprint density at radius 2 is 1.32 bits per heavy atom. The number of nitrogen functional groups attached to an aromatic ring is 1. The van der Waals surface area contributed by atoms with Crippen molar-refractivity contribution in [3.63, 3.8) is 0 Å². The van der Waals surface area contributed by atoms with Gasteiger partial charge in [-0.15, -0.1) is 0 Å². The van der Waals surface area contributed by atoms with Crippen LogP contribution < -0.4 is 15.5 Å². The summed E-state index contributed by atoms with van der Waals surface area (Å²) in [6.07, 6.45) is 3.63. The highest BCUT2D eigenvalue weighted by atomic mass is 15.2. The maximum Gasteiger partial charge on any atom is 0.0395 e. The molecule has 2 aromatic rings. The molecule has 1 aromatic carbocycles. The summed E-state index contributed by atoms with van der Waals surface area (Å²) in [5, 5.41) is 0. The zero-order valence-corrected chi connectivity index (χ0v) is 11.5. The van der Waals surface area contributed by atoms with Crippen molar-refractivity contribution in [2.24, 2.45) is 0 Å². The Bertz CT molecular complexity index is 495. The molecule has 0 radical (unpaired) electrons. The Hall–Kier alpha value is -2.23. The summed E-state index contributed by atoms with van der Waals surface area (Å²) in [6.45, 7) is 1.90. The van der Waals surface area contributed by atoms with E-state index in [0.29, 0.717) is 0 Å². The minimum absolute atomic E-state index is 0.797. The van der Waals surface area contributed by atoms with Gasteiger partial charge < -0.3 is 15.5 Å².